The number of aromatic amines is 1. The molecule has 2 aliphatic rings. The highest BCUT2D eigenvalue weighted by molar-refractivity contribution is 5.47. The summed E-state index contributed by atoms with van der Waals surface area (Å²) in [6.45, 7) is 5.26. The number of hydrogen-bond acceptors (Lipinski definition) is 6. The van der Waals surface area contributed by atoms with E-state index < -0.39 is 0 Å². The Hall–Kier alpha value is -2.64. The van der Waals surface area contributed by atoms with E-state index in [2.05, 4.69) is 34.7 Å². The predicted octanol–water partition coefficient (Wildman–Crippen LogP) is 1.97. The van der Waals surface area contributed by atoms with Gasteiger partial charge in [0.1, 0.15) is 11.5 Å². The highest BCUT2D eigenvalue weighted by Crippen LogP contribution is 2.32. The first-order valence-electron chi connectivity index (χ1n) is 9.52. The number of nitrogens with zero attached hydrogens (tertiary/aromatic N) is 6. The molecule has 5 rings (SSSR count). The molecule has 2 aliphatic heterocycles. The monoisotopic (exact) mass is 361 g/mol. The molecule has 0 amide bonds. The highest BCUT2D eigenvalue weighted by atomic mass is 15.3. The molecule has 3 aromatic rings. The number of fused-ring (bicyclic) bond motifs is 1. The molecule has 7 nitrogen and oxygen atoms in total. The van der Waals surface area contributed by atoms with Crippen LogP contribution < -0.4 is 0 Å². The van der Waals surface area contributed by atoms with Crippen LogP contribution in [0.1, 0.15) is 17.8 Å². The second-order valence-electron chi connectivity index (χ2n) is 7.45. The molecule has 3 aromatic heterocycles. The Bertz CT molecular complexity index is 863. The lowest BCUT2D eigenvalue weighted by atomic mass is 10.1. The van der Waals surface area contributed by atoms with E-state index in [1.54, 1.807) is 6.20 Å². The second kappa shape index (κ2) is 7.17. The van der Waals surface area contributed by atoms with Crippen molar-refractivity contribution in [3.05, 3.63) is 60.6 Å². The molecule has 0 saturated carbocycles. The lowest BCUT2D eigenvalue weighted by Gasteiger charge is -2.23. The number of pyridine rings is 1. The lowest BCUT2D eigenvalue weighted by molar-refractivity contribution is 0.211. The molecule has 27 heavy (non-hydrogen) atoms. The number of likely N-dealkylation sites (tertiary alicyclic amines) is 2. The molecule has 5 heterocycles. The van der Waals surface area contributed by atoms with Gasteiger partial charge >= 0.3 is 0 Å². The zero-order valence-electron chi connectivity index (χ0n) is 15.2. The first kappa shape index (κ1) is 16.5. The van der Waals surface area contributed by atoms with Crippen molar-refractivity contribution in [3.63, 3.8) is 0 Å². The van der Waals surface area contributed by atoms with Crippen LogP contribution in [0.3, 0.4) is 0 Å². The largest absolute Gasteiger partial charge is 0.348 e. The maximum atomic E-state index is 4.50. The standard InChI is InChI=1S/C20H23N7/c1-2-5-21-17(3-1)20-24-9-15(10-25-20)11-26-12-16-4-8-27(18(16)13-26)14-19-22-6-7-23-19/h1-3,5-7,9-10,16,18H,4,8,11-14H2,(H,22,23)/t16-,18+/m0/s1. The topological polar surface area (TPSA) is 73.8 Å². The first-order valence-corrected chi connectivity index (χ1v) is 9.52. The van der Waals surface area contributed by atoms with Crippen molar-refractivity contribution in [3.8, 4) is 11.5 Å². The molecule has 0 radical (unpaired) electrons. The van der Waals surface area contributed by atoms with Crippen LogP contribution in [0.4, 0.5) is 0 Å². The molecule has 0 unspecified atom stereocenters. The van der Waals surface area contributed by atoms with E-state index in [-0.39, 0.29) is 0 Å². The fourth-order valence-electron chi connectivity index (χ4n) is 4.36. The Morgan fingerprint density at radius 3 is 2.70 bits per heavy atom. The van der Waals surface area contributed by atoms with Crippen molar-refractivity contribution in [2.75, 3.05) is 19.6 Å². The fourth-order valence-corrected chi connectivity index (χ4v) is 4.36. The summed E-state index contributed by atoms with van der Waals surface area (Å²) in [6, 6.07) is 6.42. The van der Waals surface area contributed by atoms with E-state index >= 15 is 0 Å². The van der Waals surface area contributed by atoms with Crippen molar-refractivity contribution in [1.29, 1.82) is 0 Å². The maximum absolute atomic E-state index is 4.50. The number of aromatic nitrogens is 5. The van der Waals surface area contributed by atoms with Crippen LogP contribution in [0.2, 0.25) is 0 Å². The third-order valence-electron chi connectivity index (χ3n) is 5.65. The summed E-state index contributed by atoms with van der Waals surface area (Å²) >= 11 is 0. The molecular weight excluding hydrogens is 338 g/mol. The van der Waals surface area contributed by atoms with Gasteiger partial charge in [-0.25, -0.2) is 15.0 Å². The Morgan fingerprint density at radius 2 is 1.93 bits per heavy atom. The fraction of sp³-hybridized carbons (Fsp3) is 0.400. The number of hydrogen-bond donors (Lipinski definition) is 1. The van der Waals surface area contributed by atoms with Crippen molar-refractivity contribution in [1.82, 2.24) is 34.7 Å². The van der Waals surface area contributed by atoms with E-state index in [0.29, 0.717) is 11.9 Å². The normalized spacial score (nSPS) is 23.0. The van der Waals surface area contributed by atoms with Gasteiger partial charge in [-0.15, -0.1) is 0 Å². The van der Waals surface area contributed by atoms with Gasteiger partial charge in [0.25, 0.3) is 0 Å². The van der Waals surface area contributed by atoms with Crippen LogP contribution >= 0.6 is 0 Å². The third-order valence-corrected chi connectivity index (χ3v) is 5.65. The molecule has 2 saturated heterocycles. The summed E-state index contributed by atoms with van der Waals surface area (Å²) in [5.41, 5.74) is 1.97. The second-order valence-corrected chi connectivity index (χ2v) is 7.45. The van der Waals surface area contributed by atoms with Crippen LogP contribution in [0.25, 0.3) is 11.5 Å². The van der Waals surface area contributed by atoms with Gasteiger partial charge < -0.3 is 4.98 Å². The predicted molar refractivity (Wildman–Crippen MR) is 101 cm³/mol. The lowest BCUT2D eigenvalue weighted by Crippen LogP contribution is -2.35. The van der Waals surface area contributed by atoms with E-state index in [9.17, 15) is 0 Å². The summed E-state index contributed by atoms with van der Waals surface area (Å²) in [5, 5.41) is 0. The van der Waals surface area contributed by atoms with Crippen LogP contribution in [0, 0.1) is 5.92 Å². The molecule has 0 aromatic carbocycles. The van der Waals surface area contributed by atoms with E-state index in [4.69, 9.17) is 0 Å². The minimum Gasteiger partial charge on any atom is -0.348 e. The Kier molecular flexibility index (Phi) is 4.39. The van der Waals surface area contributed by atoms with Crippen LogP contribution in [0.5, 0.6) is 0 Å². The van der Waals surface area contributed by atoms with Gasteiger partial charge in [0.05, 0.1) is 6.54 Å². The molecule has 2 atom stereocenters. The molecule has 2 fully saturated rings. The van der Waals surface area contributed by atoms with E-state index in [0.717, 1.165) is 49.2 Å². The average molecular weight is 361 g/mol. The molecule has 1 N–H and O–H groups in total. The molecule has 0 aliphatic carbocycles. The quantitative estimate of drug-likeness (QED) is 0.749. The smallest absolute Gasteiger partial charge is 0.178 e. The van der Waals surface area contributed by atoms with E-state index in [1.165, 1.54) is 13.0 Å². The summed E-state index contributed by atoms with van der Waals surface area (Å²) in [5.74, 6) is 2.50. The van der Waals surface area contributed by atoms with Gasteiger partial charge in [0.2, 0.25) is 0 Å². The van der Waals surface area contributed by atoms with Crippen LogP contribution in [0.15, 0.2) is 49.2 Å². The van der Waals surface area contributed by atoms with Crippen LogP contribution in [-0.4, -0.2) is 60.4 Å². The Balaban J connectivity index is 1.21. The number of nitrogens with one attached hydrogen (secondary N) is 1. The van der Waals surface area contributed by atoms with Gasteiger partial charge in [0, 0.05) is 62.2 Å². The molecular formula is C20H23N7. The summed E-state index contributed by atoms with van der Waals surface area (Å²) in [6.07, 6.45) is 10.6. The molecule has 138 valence electrons. The zero-order chi connectivity index (χ0) is 18.1. The van der Waals surface area contributed by atoms with Gasteiger partial charge in [-0.05, 0) is 31.0 Å². The number of rotatable bonds is 5. The summed E-state index contributed by atoms with van der Waals surface area (Å²) < 4.78 is 0. The van der Waals surface area contributed by atoms with E-state index in [1.807, 2.05) is 43.0 Å². The van der Waals surface area contributed by atoms with Gasteiger partial charge in [-0.2, -0.15) is 0 Å². The Labute approximate surface area is 158 Å². The SMILES string of the molecule is c1ccc(-c2ncc(CN3C[C@@H]4CCN(Cc5ncc[nH]5)[C@@H]4C3)cn2)nc1. The first-order chi connectivity index (χ1) is 13.3. The van der Waals surface area contributed by atoms with Gasteiger partial charge in [-0.1, -0.05) is 6.07 Å². The van der Waals surface area contributed by atoms with Gasteiger partial charge in [-0.3, -0.25) is 14.8 Å². The molecule has 7 heteroatoms. The third kappa shape index (κ3) is 3.48. The van der Waals surface area contributed by atoms with Crippen molar-refractivity contribution >= 4 is 0 Å². The molecule has 0 spiro atoms. The minimum absolute atomic E-state index is 0.629. The summed E-state index contributed by atoms with van der Waals surface area (Å²) in [7, 11) is 0. The minimum atomic E-state index is 0.629. The molecule has 0 bridgehead atoms. The number of imidazole rings is 1. The maximum Gasteiger partial charge on any atom is 0.178 e. The number of H-pyrrole nitrogens is 1. The van der Waals surface area contributed by atoms with Crippen molar-refractivity contribution in [2.24, 2.45) is 5.92 Å². The van der Waals surface area contributed by atoms with Crippen LogP contribution in [-0.2, 0) is 13.1 Å². The zero-order valence-corrected chi connectivity index (χ0v) is 15.2. The highest BCUT2D eigenvalue weighted by Gasteiger charge is 2.41. The Morgan fingerprint density at radius 1 is 1.00 bits per heavy atom. The van der Waals surface area contributed by atoms with Crippen molar-refractivity contribution < 1.29 is 0 Å². The van der Waals surface area contributed by atoms with Gasteiger partial charge in [0.15, 0.2) is 5.82 Å². The van der Waals surface area contributed by atoms with Crippen molar-refractivity contribution in [2.45, 2.75) is 25.6 Å². The summed E-state index contributed by atoms with van der Waals surface area (Å²) in [4.78, 5) is 26.0. The average Bonchev–Trinajstić information content (AvgIpc) is 3.43.